The highest BCUT2D eigenvalue weighted by Crippen LogP contribution is 2.54. The molecule has 2 saturated heterocycles. The molecule has 12 nitrogen and oxygen atoms in total. The van der Waals surface area contributed by atoms with Crippen LogP contribution in [-0.4, -0.2) is 78.7 Å². The average molecular weight is 756 g/mol. The molecule has 7 atom stereocenters. The quantitative estimate of drug-likeness (QED) is 0.144. The normalized spacial score (nSPS) is 24.2. The fraction of sp³-hybridized carbons (Fsp3) is 0.432. The van der Waals surface area contributed by atoms with E-state index in [4.69, 9.17) is 19.4 Å². The SMILES string of the molecule is COC(=O)N[C@H](C(=O)N1[C@@H]2C[C@H]2C[C@H]1c1ncc(-c2ccc(-c3ccc4cc(-c5cnc(C6CC7CC7N6C(=O)OC(C)(C)C)[nH]5)ccc4c3)cc2)[nH]1)C(C)C. The van der Waals surface area contributed by atoms with Gasteiger partial charge in [0.1, 0.15) is 23.3 Å². The maximum Gasteiger partial charge on any atom is 0.411 e. The Balaban J connectivity index is 0.884. The Hall–Kier alpha value is -5.65. The van der Waals surface area contributed by atoms with Crippen LogP contribution < -0.4 is 5.32 Å². The van der Waals surface area contributed by atoms with Crippen molar-refractivity contribution in [3.8, 4) is 33.6 Å². The van der Waals surface area contributed by atoms with E-state index >= 15 is 0 Å². The van der Waals surface area contributed by atoms with Crippen molar-refractivity contribution in [2.45, 2.75) is 96.1 Å². The first-order chi connectivity index (χ1) is 26.8. The molecule has 3 amide bonds. The van der Waals surface area contributed by atoms with Crippen molar-refractivity contribution >= 4 is 28.9 Å². The first kappa shape index (κ1) is 36.0. The molecule has 2 aromatic heterocycles. The number of ether oxygens (including phenoxy) is 2. The lowest BCUT2D eigenvalue weighted by Gasteiger charge is -2.31. The number of carbonyl (C=O) groups excluding carboxylic acids is 3. The fourth-order valence-corrected chi connectivity index (χ4v) is 8.90. The molecule has 0 spiro atoms. The lowest BCUT2D eigenvalue weighted by molar-refractivity contribution is -0.136. The van der Waals surface area contributed by atoms with Crippen LogP contribution in [0.3, 0.4) is 0 Å². The van der Waals surface area contributed by atoms with E-state index in [0.717, 1.165) is 81.7 Å². The summed E-state index contributed by atoms with van der Waals surface area (Å²) in [7, 11) is 1.31. The van der Waals surface area contributed by atoms with Crippen LogP contribution in [0.25, 0.3) is 44.4 Å². The topological polar surface area (TPSA) is 146 Å². The van der Waals surface area contributed by atoms with Gasteiger partial charge in [0.25, 0.3) is 0 Å². The molecule has 12 heteroatoms. The molecule has 3 aromatic carbocycles. The molecule has 5 aromatic rings. The van der Waals surface area contributed by atoms with Crippen LogP contribution in [0.15, 0.2) is 73.1 Å². The Morgan fingerprint density at radius 2 is 1.25 bits per heavy atom. The Morgan fingerprint density at radius 1 is 0.732 bits per heavy atom. The second-order valence-electron chi connectivity index (χ2n) is 17.3. The van der Waals surface area contributed by atoms with E-state index in [-0.39, 0.29) is 42.1 Å². The third kappa shape index (κ3) is 6.68. The summed E-state index contributed by atoms with van der Waals surface area (Å²) in [6.07, 6.45) is 6.62. The van der Waals surface area contributed by atoms with Crippen molar-refractivity contribution in [2.24, 2.45) is 17.8 Å². The van der Waals surface area contributed by atoms with Gasteiger partial charge in [0, 0.05) is 17.6 Å². The summed E-state index contributed by atoms with van der Waals surface area (Å²) < 4.78 is 10.6. The number of methoxy groups -OCH3 is 1. The lowest BCUT2D eigenvalue weighted by Crippen LogP contribution is -2.52. The number of H-pyrrole nitrogens is 2. The van der Waals surface area contributed by atoms with Crippen molar-refractivity contribution in [1.29, 1.82) is 0 Å². The third-order valence-corrected chi connectivity index (χ3v) is 12.0. The number of imidazole rings is 2. The molecule has 2 aliphatic heterocycles. The summed E-state index contributed by atoms with van der Waals surface area (Å²) in [5.41, 5.74) is 5.54. The highest BCUT2D eigenvalue weighted by atomic mass is 16.6. The Kier molecular flexibility index (Phi) is 8.70. The molecular weight excluding hydrogens is 707 g/mol. The van der Waals surface area contributed by atoms with Crippen LogP contribution in [0, 0.1) is 17.8 Å². The fourth-order valence-electron chi connectivity index (χ4n) is 8.90. The number of carbonyl (C=O) groups is 3. The number of amides is 3. The number of hydrogen-bond donors (Lipinski definition) is 3. The van der Waals surface area contributed by atoms with Gasteiger partial charge in [-0.15, -0.1) is 0 Å². The van der Waals surface area contributed by atoms with Gasteiger partial charge in [-0.1, -0.05) is 62.4 Å². The number of hydrogen-bond acceptors (Lipinski definition) is 7. The molecule has 9 rings (SSSR count). The second-order valence-corrected chi connectivity index (χ2v) is 17.3. The van der Waals surface area contributed by atoms with Crippen LogP contribution in [0.4, 0.5) is 9.59 Å². The van der Waals surface area contributed by atoms with Gasteiger partial charge in [0.05, 0.1) is 43.0 Å². The maximum atomic E-state index is 13.8. The minimum Gasteiger partial charge on any atom is -0.453 e. The predicted octanol–water partition coefficient (Wildman–Crippen LogP) is 8.40. The first-order valence-corrected chi connectivity index (χ1v) is 19.8. The zero-order valence-corrected chi connectivity index (χ0v) is 32.7. The zero-order valence-electron chi connectivity index (χ0n) is 32.7. The molecule has 4 fully saturated rings. The molecule has 0 radical (unpaired) electrons. The van der Waals surface area contributed by atoms with E-state index < -0.39 is 17.7 Å². The number of alkyl carbamates (subject to hydrolysis) is 1. The van der Waals surface area contributed by atoms with Crippen molar-refractivity contribution in [2.75, 3.05) is 7.11 Å². The van der Waals surface area contributed by atoms with E-state index in [1.54, 1.807) is 0 Å². The molecule has 4 heterocycles. The zero-order chi connectivity index (χ0) is 39.0. The highest BCUT2D eigenvalue weighted by Gasteiger charge is 2.57. The largest absolute Gasteiger partial charge is 0.453 e. The number of fused-ring (bicyclic) bond motifs is 3. The van der Waals surface area contributed by atoms with Crippen molar-refractivity contribution in [3.05, 3.63) is 84.7 Å². The average Bonchev–Trinajstić information content (AvgIpc) is 3.76. The summed E-state index contributed by atoms with van der Waals surface area (Å²) in [5.74, 6) is 2.37. The Bertz CT molecular complexity index is 2320. The smallest absolute Gasteiger partial charge is 0.411 e. The minimum atomic E-state index is -0.667. The lowest BCUT2D eigenvalue weighted by atomic mass is 9.98. The van der Waals surface area contributed by atoms with E-state index in [0.29, 0.717) is 11.8 Å². The van der Waals surface area contributed by atoms with E-state index in [1.165, 1.54) is 7.11 Å². The summed E-state index contributed by atoms with van der Waals surface area (Å²) in [6.45, 7) is 9.56. The molecule has 3 unspecified atom stereocenters. The van der Waals surface area contributed by atoms with Crippen LogP contribution in [0.5, 0.6) is 0 Å². The minimum absolute atomic E-state index is 0.0883. The number of likely N-dealkylation sites (tertiary alicyclic amines) is 2. The number of nitrogens with one attached hydrogen (secondary N) is 3. The van der Waals surface area contributed by atoms with E-state index in [1.807, 2.05) is 56.8 Å². The number of benzene rings is 3. The number of aromatic nitrogens is 4. The second kappa shape index (κ2) is 13.5. The number of rotatable bonds is 8. The molecule has 2 saturated carbocycles. The molecule has 0 bridgehead atoms. The first-order valence-electron chi connectivity index (χ1n) is 19.8. The Morgan fingerprint density at radius 3 is 1.84 bits per heavy atom. The molecular formula is C44H49N7O5. The van der Waals surface area contributed by atoms with Crippen LogP contribution >= 0.6 is 0 Å². The van der Waals surface area contributed by atoms with Gasteiger partial charge >= 0.3 is 12.2 Å². The molecule has 4 aliphatic rings. The summed E-state index contributed by atoms with van der Waals surface area (Å²) >= 11 is 0. The molecule has 56 heavy (non-hydrogen) atoms. The van der Waals surface area contributed by atoms with Gasteiger partial charge in [0.15, 0.2) is 0 Å². The van der Waals surface area contributed by atoms with Gasteiger partial charge in [-0.2, -0.15) is 0 Å². The third-order valence-electron chi connectivity index (χ3n) is 12.0. The van der Waals surface area contributed by atoms with Crippen LogP contribution in [0.1, 0.15) is 84.0 Å². The molecule has 2 aliphatic carbocycles. The van der Waals surface area contributed by atoms with Gasteiger partial charge in [-0.25, -0.2) is 19.6 Å². The Labute approximate surface area is 326 Å². The molecule has 290 valence electrons. The van der Waals surface area contributed by atoms with Crippen molar-refractivity contribution in [1.82, 2.24) is 35.1 Å². The summed E-state index contributed by atoms with van der Waals surface area (Å²) in [5, 5.41) is 5.00. The maximum absolute atomic E-state index is 13.8. The van der Waals surface area contributed by atoms with Gasteiger partial charge in [-0.05, 0) is 104 Å². The van der Waals surface area contributed by atoms with Gasteiger partial charge in [-0.3, -0.25) is 9.69 Å². The standard InChI is InChI=1S/C44H49N7O5/c1-23(2)38(49-42(53)55-6)41(52)50-34-17-30(34)19-36(50)39-45-21-32(47-39)25-9-7-24(8-10-25)26-11-12-28-16-29(14-13-27(28)15-26)33-22-46-40(48-33)37-20-31-18-35(31)51(37)43(54)56-44(3,4)5/h7-16,21-23,30-31,34-38H,17-20H2,1-6H3,(H,45,47)(H,46,48)(H,49,53)/t30-,31?,34+,35?,36-,37?,38-/m0/s1. The summed E-state index contributed by atoms with van der Waals surface area (Å²) in [6, 6.07) is 20.9. The monoisotopic (exact) mass is 755 g/mol. The summed E-state index contributed by atoms with van der Waals surface area (Å²) in [4.78, 5) is 59.3. The van der Waals surface area contributed by atoms with E-state index in [2.05, 4.69) is 75.9 Å². The highest BCUT2D eigenvalue weighted by molar-refractivity contribution is 5.91. The van der Waals surface area contributed by atoms with Gasteiger partial charge < -0.3 is 29.7 Å². The number of piperidine rings is 2. The van der Waals surface area contributed by atoms with Crippen LogP contribution in [-0.2, 0) is 14.3 Å². The van der Waals surface area contributed by atoms with E-state index in [9.17, 15) is 14.4 Å². The van der Waals surface area contributed by atoms with Crippen molar-refractivity contribution in [3.63, 3.8) is 0 Å². The number of nitrogens with zero attached hydrogens (tertiary/aromatic N) is 4. The van der Waals surface area contributed by atoms with Crippen molar-refractivity contribution < 1.29 is 23.9 Å². The molecule has 3 N–H and O–H groups in total. The number of aromatic amines is 2. The van der Waals surface area contributed by atoms with Gasteiger partial charge in [0.2, 0.25) is 5.91 Å². The predicted molar refractivity (Wildman–Crippen MR) is 212 cm³/mol. The van der Waals surface area contributed by atoms with Crippen LogP contribution in [0.2, 0.25) is 0 Å².